The zero-order chi connectivity index (χ0) is 29.1. The number of carbonyl (C=O) groups is 2. The minimum atomic E-state index is -3.57. The highest BCUT2D eigenvalue weighted by Crippen LogP contribution is 2.36. The minimum absolute atomic E-state index is 0.138. The fourth-order valence-electron chi connectivity index (χ4n) is 5.48. The van der Waals surface area contributed by atoms with E-state index in [9.17, 15) is 18.0 Å². The van der Waals surface area contributed by atoms with Crippen LogP contribution < -0.4 is 5.32 Å². The van der Waals surface area contributed by atoms with E-state index in [-0.39, 0.29) is 16.9 Å². The van der Waals surface area contributed by atoms with Crippen LogP contribution >= 0.6 is 11.3 Å². The molecule has 1 aromatic carbocycles. The SMILES string of the molecule is CCN(CC)S(=O)(=O)c1ccc(C(CC2CCCC2)C(=O)Nc2nc3c(s2)CN(C(=O)OC(C)(C)C)CC3)cc1. The third-order valence-corrected chi connectivity index (χ3v) is 10.7. The van der Waals surface area contributed by atoms with Crippen LogP contribution in [0, 0.1) is 5.92 Å². The first-order chi connectivity index (χ1) is 18.9. The number of fused-ring (bicyclic) bond motifs is 1. The summed E-state index contributed by atoms with van der Waals surface area (Å²) in [5.74, 6) is -0.0874. The summed E-state index contributed by atoms with van der Waals surface area (Å²) < 4.78 is 32.9. The maximum Gasteiger partial charge on any atom is 0.410 e. The van der Waals surface area contributed by atoms with E-state index in [0.717, 1.165) is 29.0 Å². The molecule has 9 nitrogen and oxygen atoms in total. The number of hydrogen-bond donors (Lipinski definition) is 1. The predicted octanol–water partition coefficient (Wildman–Crippen LogP) is 5.77. The van der Waals surface area contributed by atoms with Crippen LogP contribution in [0.2, 0.25) is 0 Å². The van der Waals surface area contributed by atoms with Crippen LogP contribution in [0.3, 0.4) is 0 Å². The number of anilines is 1. The Morgan fingerprint density at radius 1 is 1.15 bits per heavy atom. The summed E-state index contributed by atoms with van der Waals surface area (Å²) in [6, 6.07) is 6.79. The fourth-order valence-corrected chi connectivity index (χ4v) is 7.97. The molecular weight excluding hydrogens is 548 g/mol. The highest BCUT2D eigenvalue weighted by Gasteiger charge is 2.31. The van der Waals surface area contributed by atoms with Gasteiger partial charge < -0.3 is 15.0 Å². The molecule has 1 fully saturated rings. The topological polar surface area (TPSA) is 109 Å². The van der Waals surface area contributed by atoms with Gasteiger partial charge in [0.15, 0.2) is 5.13 Å². The van der Waals surface area contributed by atoms with Crippen molar-refractivity contribution in [1.29, 1.82) is 0 Å². The molecule has 1 aliphatic carbocycles. The van der Waals surface area contributed by atoms with Gasteiger partial charge >= 0.3 is 6.09 Å². The number of amides is 2. The Balaban J connectivity index is 1.51. The average Bonchev–Trinajstić information content (AvgIpc) is 3.55. The monoisotopic (exact) mass is 590 g/mol. The number of thiazole rings is 1. The lowest BCUT2D eigenvalue weighted by molar-refractivity contribution is -0.118. The third-order valence-electron chi connectivity index (χ3n) is 7.60. The van der Waals surface area contributed by atoms with Gasteiger partial charge in [-0.3, -0.25) is 4.79 Å². The van der Waals surface area contributed by atoms with E-state index in [1.54, 1.807) is 29.2 Å². The van der Waals surface area contributed by atoms with Crippen LogP contribution in [0.25, 0.3) is 0 Å². The molecule has 1 atom stereocenters. The average molecular weight is 591 g/mol. The molecule has 2 aromatic rings. The molecule has 11 heteroatoms. The van der Waals surface area contributed by atoms with Crippen molar-refractivity contribution in [2.24, 2.45) is 5.92 Å². The largest absolute Gasteiger partial charge is 0.444 e. The normalized spacial score (nSPS) is 17.1. The summed E-state index contributed by atoms with van der Waals surface area (Å²) in [6.45, 7) is 10.9. The zero-order valence-corrected chi connectivity index (χ0v) is 25.9. The molecule has 2 aliphatic rings. The number of ether oxygens (including phenoxy) is 1. The number of nitrogens with zero attached hydrogens (tertiary/aromatic N) is 3. The molecule has 2 heterocycles. The molecule has 1 N–H and O–H groups in total. The Labute approximate surface area is 242 Å². The van der Waals surface area contributed by atoms with Gasteiger partial charge in [0.1, 0.15) is 5.60 Å². The summed E-state index contributed by atoms with van der Waals surface area (Å²) in [4.78, 5) is 33.8. The summed E-state index contributed by atoms with van der Waals surface area (Å²) in [5, 5.41) is 3.57. The van der Waals surface area contributed by atoms with Crippen molar-refractivity contribution >= 4 is 38.5 Å². The Morgan fingerprint density at radius 3 is 2.40 bits per heavy atom. The van der Waals surface area contributed by atoms with E-state index in [4.69, 9.17) is 4.74 Å². The molecule has 1 saturated carbocycles. The van der Waals surface area contributed by atoms with Crippen LogP contribution in [0.5, 0.6) is 0 Å². The van der Waals surface area contributed by atoms with Gasteiger partial charge in [0.05, 0.1) is 23.1 Å². The summed E-state index contributed by atoms with van der Waals surface area (Å²) >= 11 is 1.39. The first kappa shape index (κ1) is 30.5. The second kappa shape index (κ2) is 12.6. The highest BCUT2D eigenvalue weighted by atomic mass is 32.2. The van der Waals surface area contributed by atoms with E-state index in [2.05, 4.69) is 10.3 Å². The van der Waals surface area contributed by atoms with Gasteiger partial charge in [0, 0.05) is 30.9 Å². The van der Waals surface area contributed by atoms with Crippen LogP contribution in [0.1, 0.15) is 88.8 Å². The van der Waals surface area contributed by atoms with Gasteiger partial charge in [-0.1, -0.05) is 63.0 Å². The summed E-state index contributed by atoms with van der Waals surface area (Å²) in [5.41, 5.74) is 1.14. The Hall–Kier alpha value is -2.50. The second-order valence-electron chi connectivity index (χ2n) is 11.6. The van der Waals surface area contributed by atoms with Gasteiger partial charge in [0.2, 0.25) is 15.9 Å². The maximum absolute atomic E-state index is 13.7. The van der Waals surface area contributed by atoms with Crippen LogP contribution in [0.15, 0.2) is 29.2 Å². The number of carbonyl (C=O) groups excluding carboxylic acids is 2. The maximum atomic E-state index is 13.7. The highest BCUT2D eigenvalue weighted by molar-refractivity contribution is 7.89. The number of aromatic nitrogens is 1. The van der Waals surface area contributed by atoms with Gasteiger partial charge in [-0.25, -0.2) is 18.2 Å². The van der Waals surface area contributed by atoms with Gasteiger partial charge in [0.25, 0.3) is 0 Å². The van der Waals surface area contributed by atoms with Crippen molar-refractivity contribution in [1.82, 2.24) is 14.2 Å². The minimum Gasteiger partial charge on any atom is -0.444 e. The van der Waals surface area contributed by atoms with Crippen molar-refractivity contribution in [2.75, 3.05) is 25.0 Å². The first-order valence-electron chi connectivity index (χ1n) is 14.3. The molecule has 0 radical (unpaired) electrons. The van der Waals surface area contributed by atoms with E-state index in [1.807, 2.05) is 34.6 Å². The lowest BCUT2D eigenvalue weighted by Crippen LogP contribution is -2.39. The zero-order valence-electron chi connectivity index (χ0n) is 24.2. The molecule has 1 aliphatic heterocycles. The Kier molecular flexibility index (Phi) is 9.57. The van der Waals surface area contributed by atoms with Gasteiger partial charge in [-0.05, 0) is 50.8 Å². The molecule has 1 unspecified atom stereocenters. The van der Waals surface area contributed by atoms with Crippen molar-refractivity contribution in [3.05, 3.63) is 40.4 Å². The number of hydrogen-bond acceptors (Lipinski definition) is 7. The van der Waals surface area contributed by atoms with Crippen LogP contribution in [0.4, 0.5) is 9.93 Å². The number of benzene rings is 1. The Morgan fingerprint density at radius 2 is 1.80 bits per heavy atom. The van der Waals surface area contributed by atoms with E-state index in [0.29, 0.717) is 50.1 Å². The number of nitrogens with one attached hydrogen (secondary N) is 1. The number of sulfonamides is 1. The second-order valence-corrected chi connectivity index (χ2v) is 14.6. The van der Waals surface area contributed by atoms with E-state index < -0.39 is 21.5 Å². The standard InChI is InChI=1S/C29H42N4O5S2/c1-6-33(7-2)40(36,37)22-14-12-21(13-15-22)23(18-20-10-8-9-11-20)26(34)31-27-30-24-16-17-32(19-25(24)39-27)28(35)38-29(3,4)5/h12-15,20,23H,6-11,16-19H2,1-5H3,(H,30,31,34). The molecule has 1 aromatic heterocycles. The molecule has 0 saturated heterocycles. The summed E-state index contributed by atoms with van der Waals surface area (Å²) in [6.07, 6.45) is 5.52. The van der Waals surface area contributed by atoms with E-state index in [1.165, 1.54) is 28.5 Å². The predicted molar refractivity (Wildman–Crippen MR) is 157 cm³/mol. The molecule has 40 heavy (non-hydrogen) atoms. The molecule has 4 rings (SSSR count). The lowest BCUT2D eigenvalue weighted by atomic mass is 9.87. The first-order valence-corrected chi connectivity index (χ1v) is 16.5. The summed E-state index contributed by atoms with van der Waals surface area (Å²) in [7, 11) is -3.57. The third kappa shape index (κ3) is 7.22. The molecule has 0 spiro atoms. The molecular formula is C29H42N4O5S2. The van der Waals surface area contributed by atoms with Crippen molar-refractivity contribution < 1.29 is 22.7 Å². The quantitative estimate of drug-likeness (QED) is 0.397. The number of rotatable bonds is 9. The fraction of sp³-hybridized carbons (Fsp3) is 0.621. The van der Waals surface area contributed by atoms with Crippen molar-refractivity contribution in [3.8, 4) is 0 Å². The van der Waals surface area contributed by atoms with Gasteiger partial charge in [-0.15, -0.1) is 0 Å². The molecule has 0 bridgehead atoms. The Bertz CT molecular complexity index is 1290. The van der Waals surface area contributed by atoms with Crippen LogP contribution in [-0.4, -0.2) is 59.8 Å². The van der Waals surface area contributed by atoms with Crippen molar-refractivity contribution in [3.63, 3.8) is 0 Å². The van der Waals surface area contributed by atoms with Gasteiger partial charge in [-0.2, -0.15) is 4.31 Å². The van der Waals surface area contributed by atoms with Crippen molar-refractivity contribution in [2.45, 2.75) is 96.1 Å². The smallest absolute Gasteiger partial charge is 0.410 e. The van der Waals surface area contributed by atoms with E-state index >= 15 is 0 Å². The lowest BCUT2D eigenvalue weighted by Gasteiger charge is -2.29. The molecule has 220 valence electrons. The molecule has 2 amide bonds. The van der Waals surface area contributed by atoms with Crippen LogP contribution in [-0.2, 0) is 32.5 Å².